The van der Waals surface area contributed by atoms with Gasteiger partial charge in [0.1, 0.15) is 23.1 Å². The molecule has 1 saturated heterocycles. The number of anilines is 2. The van der Waals surface area contributed by atoms with Gasteiger partial charge in [-0.3, -0.25) is 14.2 Å². The van der Waals surface area contributed by atoms with Crippen LogP contribution in [0.5, 0.6) is 0 Å². The molecule has 1 N–H and O–H groups in total. The van der Waals surface area contributed by atoms with Crippen molar-refractivity contribution in [3.05, 3.63) is 68.2 Å². The summed E-state index contributed by atoms with van der Waals surface area (Å²) in [5.41, 5.74) is -0.278. The highest BCUT2D eigenvalue weighted by Crippen LogP contribution is 2.28. The van der Waals surface area contributed by atoms with Gasteiger partial charge in [0.25, 0.3) is 11.5 Å². The molecule has 1 fully saturated rings. The molecule has 0 amide bonds. The van der Waals surface area contributed by atoms with Crippen LogP contribution >= 0.6 is 22.9 Å². The molecule has 5 heterocycles. The summed E-state index contributed by atoms with van der Waals surface area (Å²) in [6.45, 7) is 7.19. The van der Waals surface area contributed by atoms with E-state index in [0.29, 0.717) is 73.0 Å². The van der Waals surface area contributed by atoms with Gasteiger partial charge in [-0.25, -0.2) is 4.98 Å². The van der Waals surface area contributed by atoms with Crippen LogP contribution in [0.3, 0.4) is 0 Å². The van der Waals surface area contributed by atoms with E-state index in [4.69, 9.17) is 25.5 Å². The van der Waals surface area contributed by atoms with Gasteiger partial charge < -0.3 is 24.1 Å². The molecular weight excluding hydrogens is 568 g/mol. The van der Waals surface area contributed by atoms with Crippen molar-refractivity contribution in [1.82, 2.24) is 19.3 Å². The Morgan fingerprint density at radius 1 is 1.22 bits per heavy atom. The van der Waals surface area contributed by atoms with Crippen LogP contribution in [0.25, 0.3) is 11.3 Å². The summed E-state index contributed by atoms with van der Waals surface area (Å²) in [5, 5.41) is 7.96. The first-order valence-corrected chi connectivity index (χ1v) is 14.5. The van der Waals surface area contributed by atoms with E-state index in [2.05, 4.69) is 20.3 Å². The number of nitrogens with zero attached hydrogens (tertiary/aromatic N) is 5. The number of thiophene rings is 1. The number of nitrogens with one attached hydrogen (secondary N) is 1. The van der Waals surface area contributed by atoms with Gasteiger partial charge in [-0.05, 0) is 38.1 Å². The molecular formula is C28H33ClN6O5S. The van der Waals surface area contributed by atoms with Gasteiger partial charge >= 0.3 is 0 Å². The number of carbonyl (C=O) groups is 1. The zero-order valence-electron chi connectivity index (χ0n) is 23.3. The second-order valence-corrected chi connectivity index (χ2v) is 12.2. The van der Waals surface area contributed by atoms with Crippen LogP contribution < -0.4 is 15.8 Å². The van der Waals surface area contributed by atoms with E-state index in [0.717, 1.165) is 10.7 Å². The third-order valence-corrected chi connectivity index (χ3v) is 8.12. The smallest absolute Gasteiger partial charge is 0.261 e. The molecule has 0 saturated carbocycles. The summed E-state index contributed by atoms with van der Waals surface area (Å²) < 4.78 is 20.0. The van der Waals surface area contributed by atoms with Crippen molar-refractivity contribution in [2.75, 3.05) is 50.2 Å². The molecule has 5 rings (SSSR count). The van der Waals surface area contributed by atoms with Gasteiger partial charge in [0.05, 0.1) is 47.9 Å². The minimum atomic E-state index is -0.849. The molecule has 0 spiro atoms. The van der Waals surface area contributed by atoms with Crippen molar-refractivity contribution in [3.8, 4) is 11.3 Å². The molecule has 0 aliphatic carbocycles. The van der Waals surface area contributed by atoms with E-state index in [1.807, 2.05) is 18.2 Å². The third-order valence-electron chi connectivity index (χ3n) is 6.89. The summed E-state index contributed by atoms with van der Waals surface area (Å²) in [4.78, 5) is 34.8. The van der Waals surface area contributed by atoms with Gasteiger partial charge in [0.2, 0.25) is 0 Å². The molecule has 1 aliphatic heterocycles. The summed E-state index contributed by atoms with van der Waals surface area (Å²) in [6, 6.07) is 9.20. The van der Waals surface area contributed by atoms with Gasteiger partial charge in [0, 0.05) is 44.1 Å². The van der Waals surface area contributed by atoms with Crippen LogP contribution in [-0.2, 0) is 29.0 Å². The number of morpholine rings is 1. The van der Waals surface area contributed by atoms with Crippen LogP contribution in [-0.4, -0.2) is 65.3 Å². The molecule has 41 heavy (non-hydrogen) atoms. The SMILES string of the molecule is COCC(C)(C)C(=O)n1nc(-c2ccc(N3CCOCC3)n(CCc3cnco3)c2=O)cc1NCc1ccc(Cl)s1. The minimum absolute atomic E-state index is 0.210. The van der Waals surface area contributed by atoms with Crippen molar-refractivity contribution in [1.29, 1.82) is 0 Å². The second-order valence-electron chi connectivity index (χ2n) is 10.4. The molecule has 0 unspecified atom stereocenters. The highest BCUT2D eigenvalue weighted by Gasteiger charge is 2.32. The first-order valence-electron chi connectivity index (χ1n) is 13.3. The average molecular weight is 601 g/mol. The average Bonchev–Trinajstić information content (AvgIpc) is 3.72. The summed E-state index contributed by atoms with van der Waals surface area (Å²) >= 11 is 7.56. The second kappa shape index (κ2) is 12.6. The molecule has 13 heteroatoms. The van der Waals surface area contributed by atoms with E-state index in [9.17, 15) is 9.59 Å². The van der Waals surface area contributed by atoms with Crippen LogP contribution in [0.2, 0.25) is 4.34 Å². The lowest BCUT2D eigenvalue weighted by Gasteiger charge is -2.31. The predicted octanol–water partition coefficient (Wildman–Crippen LogP) is 4.42. The van der Waals surface area contributed by atoms with Crippen molar-refractivity contribution < 1.29 is 18.7 Å². The Hall–Kier alpha value is -3.45. The molecule has 218 valence electrons. The molecule has 0 bridgehead atoms. The number of hydrogen-bond donors (Lipinski definition) is 1. The number of aryl methyl sites for hydroxylation is 1. The quantitative estimate of drug-likeness (QED) is 0.267. The van der Waals surface area contributed by atoms with Gasteiger partial charge in [-0.15, -0.1) is 11.3 Å². The Bertz CT molecular complexity index is 1540. The Kier molecular flexibility index (Phi) is 8.93. The van der Waals surface area contributed by atoms with Crippen LogP contribution in [0.4, 0.5) is 11.6 Å². The number of halogens is 1. The van der Waals surface area contributed by atoms with E-state index >= 15 is 0 Å². The predicted molar refractivity (Wildman–Crippen MR) is 158 cm³/mol. The number of pyridine rings is 1. The maximum absolute atomic E-state index is 14.0. The number of aromatic nitrogens is 4. The summed E-state index contributed by atoms with van der Waals surface area (Å²) in [6.07, 6.45) is 3.52. The monoisotopic (exact) mass is 600 g/mol. The van der Waals surface area contributed by atoms with E-state index < -0.39 is 5.41 Å². The van der Waals surface area contributed by atoms with Crippen molar-refractivity contribution in [2.45, 2.75) is 33.4 Å². The van der Waals surface area contributed by atoms with Crippen molar-refractivity contribution in [3.63, 3.8) is 0 Å². The minimum Gasteiger partial charge on any atom is -0.448 e. The number of methoxy groups -OCH3 is 1. The zero-order chi connectivity index (χ0) is 29.0. The summed E-state index contributed by atoms with van der Waals surface area (Å²) in [5.74, 6) is 1.70. The Labute approximate surface area is 246 Å². The molecule has 4 aromatic rings. The maximum Gasteiger partial charge on any atom is 0.261 e. The first kappa shape index (κ1) is 29.1. The number of oxazole rings is 1. The highest BCUT2D eigenvalue weighted by molar-refractivity contribution is 7.16. The Balaban J connectivity index is 1.54. The first-order chi connectivity index (χ1) is 19.8. The lowest BCUT2D eigenvalue weighted by atomic mass is 9.94. The molecule has 1 aliphatic rings. The largest absolute Gasteiger partial charge is 0.448 e. The number of rotatable bonds is 11. The fourth-order valence-electron chi connectivity index (χ4n) is 4.76. The van der Waals surface area contributed by atoms with E-state index in [-0.39, 0.29) is 18.1 Å². The fraction of sp³-hybridized carbons (Fsp3) is 0.429. The Morgan fingerprint density at radius 3 is 2.71 bits per heavy atom. The van der Waals surface area contributed by atoms with Gasteiger partial charge in [-0.2, -0.15) is 9.78 Å². The van der Waals surface area contributed by atoms with Crippen LogP contribution in [0, 0.1) is 5.41 Å². The number of carbonyl (C=O) groups excluding carboxylic acids is 1. The summed E-state index contributed by atoms with van der Waals surface area (Å²) in [7, 11) is 1.56. The topological polar surface area (TPSA) is 117 Å². The Morgan fingerprint density at radius 2 is 2.02 bits per heavy atom. The normalized spacial score (nSPS) is 14.0. The van der Waals surface area contributed by atoms with Crippen molar-refractivity contribution in [2.24, 2.45) is 5.41 Å². The van der Waals surface area contributed by atoms with Crippen LogP contribution in [0.1, 0.15) is 29.3 Å². The molecule has 0 aromatic carbocycles. The third kappa shape index (κ3) is 6.56. The van der Waals surface area contributed by atoms with E-state index in [1.165, 1.54) is 22.4 Å². The number of hydrogen-bond acceptors (Lipinski definition) is 10. The zero-order valence-corrected chi connectivity index (χ0v) is 24.8. The highest BCUT2D eigenvalue weighted by atomic mass is 35.5. The number of ether oxygens (including phenoxy) is 2. The lowest BCUT2D eigenvalue weighted by Crippen LogP contribution is -2.40. The standard InChI is InChI=1S/C28H33ClN6O5S/c1-28(2,17-38-3)27(37)35-24(31-16-20-4-6-23(29)41-20)14-22(32-35)21-5-7-25(33-10-12-39-13-11-33)34(26(21)36)9-8-19-15-30-18-40-19/h4-7,14-15,18,31H,8-13,16-17H2,1-3H3. The molecule has 0 radical (unpaired) electrons. The van der Waals surface area contributed by atoms with Gasteiger partial charge in [0.15, 0.2) is 6.39 Å². The maximum atomic E-state index is 14.0. The van der Waals surface area contributed by atoms with Gasteiger partial charge in [-0.1, -0.05) is 11.6 Å². The van der Waals surface area contributed by atoms with Crippen molar-refractivity contribution >= 4 is 40.5 Å². The lowest BCUT2D eigenvalue weighted by molar-refractivity contribution is 0.0529. The molecule has 0 atom stereocenters. The van der Waals surface area contributed by atoms with Crippen LogP contribution in [0.15, 0.2) is 52.1 Å². The molecule has 4 aromatic heterocycles. The van der Waals surface area contributed by atoms with E-state index in [1.54, 1.807) is 43.9 Å². The fourth-order valence-corrected chi connectivity index (χ4v) is 5.79. The molecule has 11 nitrogen and oxygen atoms in total.